The smallest absolute Gasteiger partial charge is 0.0553 e. The molecule has 0 radical (unpaired) electrons. The van der Waals surface area contributed by atoms with E-state index in [-0.39, 0.29) is 0 Å². The molecule has 0 aromatic carbocycles. The van der Waals surface area contributed by atoms with Crippen LogP contribution in [0.15, 0.2) is 18.7 Å². The minimum absolute atomic E-state index is 0.316. The molecule has 0 fully saturated rings. The Kier molecular flexibility index (Phi) is 6.48. The molecule has 1 unspecified atom stereocenters. The topological polar surface area (TPSA) is 38.0 Å². The van der Waals surface area contributed by atoms with Crippen molar-refractivity contribution in [3.63, 3.8) is 0 Å². The van der Waals surface area contributed by atoms with Crippen molar-refractivity contribution in [2.24, 2.45) is 5.84 Å². The fourth-order valence-electron chi connectivity index (χ4n) is 1.90. The first-order chi connectivity index (χ1) is 8.19. The molecule has 0 bridgehead atoms. The second-order valence-electron chi connectivity index (χ2n) is 4.53. The number of allylic oxidation sites excluding steroid dienone is 1. The van der Waals surface area contributed by atoms with Crippen molar-refractivity contribution in [3.8, 4) is 0 Å². The highest BCUT2D eigenvalue weighted by atomic mass is 32.1. The van der Waals surface area contributed by atoms with Gasteiger partial charge in [-0.2, -0.15) is 0 Å². The molecule has 0 saturated carbocycles. The number of nitrogens with two attached hydrogens (primary N) is 1. The molecule has 0 saturated heterocycles. The van der Waals surface area contributed by atoms with Gasteiger partial charge >= 0.3 is 0 Å². The number of aryl methyl sites for hydroxylation is 2. The summed E-state index contributed by atoms with van der Waals surface area (Å²) in [6, 6.07) is 2.57. The Morgan fingerprint density at radius 2 is 2.18 bits per heavy atom. The lowest BCUT2D eigenvalue weighted by atomic mass is 10.1. The van der Waals surface area contributed by atoms with Gasteiger partial charge in [0.1, 0.15) is 0 Å². The summed E-state index contributed by atoms with van der Waals surface area (Å²) in [5.74, 6) is 5.65. The van der Waals surface area contributed by atoms with Gasteiger partial charge in [-0.15, -0.1) is 17.9 Å². The Balaban J connectivity index is 2.40. The van der Waals surface area contributed by atoms with Crippen LogP contribution in [0.3, 0.4) is 0 Å². The zero-order valence-electron chi connectivity index (χ0n) is 11.0. The lowest BCUT2D eigenvalue weighted by Gasteiger charge is -2.13. The van der Waals surface area contributed by atoms with E-state index >= 15 is 0 Å². The second kappa shape index (κ2) is 7.64. The minimum Gasteiger partial charge on any atom is -0.271 e. The average molecular weight is 252 g/mol. The highest BCUT2D eigenvalue weighted by Gasteiger charge is 2.12. The zero-order chi connectivity index (χ0) is 12.7. The summed E-state index contributed by atoms with van der Waals surface area (Å²) in [6.45, 7) is 8.07. The van der Waals surface area contributed by atoms with Gasteiger partial charge in [-0.3, -0.25) is 11.3 Å². The molecule has 0 aliphatic rings. The second-order valence-corrected chi connectivity index (χ2v) is 5.82. The van der Waals surface area contributed by atoms with Crippen molar-refractivity contribution < 1.29 is 0 Å². The van der Waals surface area contributed by atoms with Crippen LogP contribution in [0.5, 0.6) is 0 Å². The molecular weight excluding hydrogens is 228 g/mol. The summed E-state index contributed by atoms with van der Waals surface area (Å²) in [6.07, 6.45) is 7.95. The van der Waals surface area contributed by atoms with Gasteiger partial charge < -0.3 is 0 Å². The molecule has 0 aliphatic carbocycles. The number of unbranched alkanes of at least 4 members (excludes halogenated alkanes) is 3. The molecule has 0 amide bonds. The maximum atomic E-state index is 5.65. The van der Waals surface area contributed by atoms with Gasteiger partial charge in [0, 0.05) is 9.75 Å². The summed E-state index contributed by atoms with van der Waals surface area (Å²) in [4.78, 5) is 2.76. The summed E-state index contributed by atoms with van der Waals surface area (Å²) in [5.41, 5.74) is 4.31. The highest BCUT2D eigenvalue weighted by Crippen LogP contribution is 2.29. The number of thiophene rings is 1. The summed E-state index contributed by atoms with van der Waals surface area (Å²) >= 11 is 1.86. The molecule has 0 aliphatic heterocycles. The van der Waals surface area contributed by atoms with Crippen molar-refractivity contribution in [1.82, 2.24) is 5.43 Å². The van der Waals surface area contributed by atoms with E-state index in [4.69, 9.17) is 5.84 Å². The third-order valence-corrected chi connectivity index (χ3v) is 4.40. The third-order valence-electron chi connectivity index (χ3n) is 3.13. The van der Waals surface area contributed by atoms with Crippen LogP contribution in [-0.2, 0) is 0 Å². The van der Waals surface area contributed by atoms with E-state index in [2.05, 4.69) is 31.9 Å². The predicted octanol–water partition coefficient (Wildman–Crippen LogP) is 4.01. The molecule has 1 aromatic rings. The molecule has 0 spiro atoms. The Morgan fingerprint density at radius 3 is 2.71 bits per heavy atom. The summed E-state index contributed by atoms with van der Waals surface area (Å²) in [5, 5.41) is 0. The van der Waals surface area contributed by atoms with Gasteiger partial charge in [-0.25, -0.2) is 0 Å². The van der Waals surface area contributed by atoms with Crippen molar-refractivity contribution in [2.45, 2.75) is 52.0 Å². The van der Waals surface area contributed by atoms with Crippen molar-refractivity contribution in [3.05, 3.63) is 34.0 Å². The number of hydrogen-bond donors (Lipinski definition) is 2. The molecule has 1 heterocycles. The van der Waals surface area contributed by atoms with E-state index in [1.807, 2.05) is 17.4 Å². The predicted molar refractivity (Wildman–Crippen MR) is 77.1 cm³/mol. The first-order valence-corrected chi connectivity index (χ1v) is 7.14. The van der Waals surface area contributed by atoms with Crippen LogP contribution < -0.4 is 11.3 Å². The minimum atomic E-state index is 0.316. The van der Waals surface area contributed by atoms with Gasteiger partial charge in [-0.05, 0) is 44.7 Å². The van der Waals surface area contributed by atoms with Gasteiger partial charge in [0.25, 0.3) is 0 Å². The van der Waals surface area contributed by atoms with Crippen LogP contribution >= 0.6 is 11.3 Å². The molecular formula is C14H24N2S. The van der Waals surface area contributed by atoms with Gasteiger partial charge in [-0.1, -0.05) is 18.9 Å². The van der Waals surface area contributed by atoms with Crippen LogP contribution in [0.2, 0.25) is 0 Å². The fourth-order valence-corrected chi connectivity index (χ4v) is 3.03. The first kappa shape index (κ1) is 14.4. The fraction of sp³-hybridized carbons (Fsp3) is 0.571. The lowest BCUT2D eigenvalue weighted by molar-refractivity contribution is 0.490. The normalized spacial score (nSPS) is 12.6. The number of nitrogens with one attached hydrogen (secondary N) is 1. The largest absolute Gasteiger partial charge is 0.271 e. The van der Waals surface area contributed by atoms with Gasteiger partial charge in [0.2, 0.25) is 0 Å². The highest BCUT2D eigenvalue weighted by molar-refractivity contribution is 7.12. The number of rotatable bonds is 8. The quantitative estimate of drug-likeness (QED) is 0.317. The molecule has 2 nitrogen and oxygen atoms in total. The van der Waals surface area contributed by atoms with Crippen LogP contribution in [0, 0.1) is 13.8 Å². The summed E-state index contributed by atoms with van der Waals surface area (Å²) in [7, 11) is 0. The molecule has 3 N–H and O–H groups in total. The number of hydrogen-bond acceptors (Lipinski definition) is 3. The Hall–Kier alpha value is -0.640. The Labute approximate surface area is 109 Å². The van der Waals surface area contributed by atoms with Crippen molar-refractivity contribution in [1.29, 1.82) is 0 Å². The number of hydrazine groups is 1. The van der Waals surface area contributed by atoms with E-state index in [0.29, 0.717) is 6.04 Å². The van der Waals surface area contributed by atoms with E-state index in [1.54, 1.807) is 0 Å². The molecule has 3 heteroatoms. The van der Waals surface area contributed by atoms with Gasteiger partial charge in [0.15, 0.2) is 0 Å². The zero-order valence-corrected chi connectivity index (χ0v) is 11.8. The SMILES string of the molecule is C=CCCCCCC(NN)c1cc(C)c(C)s1. The molecule has 1 rings (SSSR count). The maximum Gasteiger partial charge on any atom is 0.0553 e. The Morgan fingerprint density at radius 1 is 1.41 bits per heavy atom. The molecule has 17 heavy (non-hydrogen) atoms. The average Bonchev–Trinajstić information content (AvgIpc) is 2.64. The maximum absolute atomic E-state index is 5.65. The lowest BCUT2D eigenvalue weighted by Crippen LogP contribution is -2.27. The first-order valence-electron chi connectivity index (χ1n) is 6.33. The monoisotopic (exact) mass is 252 g/mol. The summed E-state index contributed by atoms with van der Waals surface area (Å²) < 4.78 is 0. The molecule has 1 aromatic heterocycles. The molecule has 1 atom stereocenters. The van der Waals surface area contributed by atoms with Crippen LogP contribution in [0.1, 0.15) is 53.5 Å². The standard InChI is InChI=1S/C14H24N2S/c1-4-5-6-7-8-9-13(16-15)14-10-11(2)12(3)17-14/h4,10,13,16H,1,5-9,15H2,2-3H3. The van der Waals surface area contributed by atoms with Crippen molar-refractivity contribution >= 4 is 11.3 Å². The molecule has 96 valence electrons. The third kappa shape index (κ3) is 4.62. The Bertz CT molecular complexity index is 324. The van der Waals surface area contributed by atoms with E-state index in [9.17, 15) is 0 Å². The van der Waals surface area contributed by atoms with Gasteiger partial charge in [0.05, 0.1) is 6.04 Å². The van der Waals surface area contributed by atoms with Crippen molar-refractivity contribution in [2.75, 3.05) is 0 Å². The van der Waals surface area contributed by atoms with Crippen LogP contribution in [0.25, 0.3) is 0 Å². The van der Waals surface area contributed by atoms with E-state index < -0.39 is 0 Å². The van der Waals surface area contributed by atoms with Crippen LogP contribution in [0.4, 0.5) is 0 Å². The van der Waals surface area contributed by atoms with E-state index in [1.165, 1.54) is 34.6 Å². The van der Waals surface area contributed by atoms with Crippen LogP contribution in [-0.4, -0.2) is 0 Å². The van der Waals surface area contributed by atoms with E-state index in [0.717, 1.165) is 12.8 Å².